The summed E-state index contributed by atoms with van der Waals surface area (Å²) in [5, 5.41) is 0. The SMILES string of the molecule is CC.c1ccc(COC2COCC(OCc3ccccc3)C2OCc2ccccc2)cc1. The average molecular weight is 435 g/mol. The maximum atomic E-state index is 6.34. The summed E-state index contributed by atoms with van der Waals surface area (Å²) in [7, 11) is 0. The number of rotatable bonds is 9. The lowest BCUT2D eigenvalue weighted by Gasteiger charge is -2.37. The summed E-state index contributed by atoms with van der Waals surface area (Å²) < 4.78 is 24.6. The van der Waals surface area contributed by atoms with Crippen LogP contribution in [0.2, 0.25) is 0 Å². The highest BCUT2D eigenvalue weighted by Crippen LogP contribution is 2.22. The molecule has 4 nitrogen and oxygen atoms in total. The molecule has 0 aromatic heterocycles. The Labute approximate surface area is 192 Å². The van der Waals surface area contributed by atoms with Crippen LogP contribution < -0.4 is 0 Å². The maximum Gasteiger partial charge on any atom is 0.115 e. The zero-order chi connectivity index (χ0) is 22.4. The molecule has 0 radical (unpaired) electrons. The molecule has 1 heterocycles. The molecular formula is C28H34O4. The van der Waals surface area contributed by atoms with Gasteiger partial charge in [-0.2, -0.15) is 0 Å². The predicted octanol–water partition coefficient (Wildman–Crippen LogP) is 5.80. The molecule has 0 spiro atoms. The first-order chi connectivity index (χ1) is 15.9. The average Bonchev–Trinajstić information content (AvgIpc) is 2.88. The topological polar surface area (TPSA) is 36.9 Å². The Hall–Kier alpha value is -2.50. The molecule has 1 aliphatic heterocycles. The first-order valence-electron chi connectivity index (χ1n) is 11.4. The number of benzene rings is 3. The van der Waals surface area contributed by atoms with E-state index in [0.29, 0.717) is 33.0 Å². The molecule has 4 heteroatoms. The van der Waals surface area contributed by atoms with Gasteiger partial charge in [0.1, 0.15) is 18.3 Å². The molecule has 0 bridgehead atoms. The molecule has 32 heavy (non-hydrogen) atoms. The summed E-state index contributed by atoms with van der Waals surface area (Å²) >= 11 is 0. The van der Waals surface area contributed by atoms with E-state index in [2.05, 4.69) is 36.4 Å². The second-order valence-corrected chi connectivity index (χ2v) is 7.47. The van der Waals surface area contributed by atoms with Crippen LogP contribution in [0.5, 0.6) is 0 Å². The van der Waals surface area contributed by atoms with E-state index < -0.39 is 0 Å². The minimum Gasteiger partial charge on any atom is -0.376 e. The Morgan fingerprint density at radius 1 is 0.562 bits per heavy atom. The van der Waals surface area contributed by atoms with Crippen molar-refractivity contribution >= 4 is 0 Å². The van der Waals surface area contributed by atoms with Gasteiger partial charge < -0.3 is 18.9 Å². The van der Waals surface area contributed by atoms with Gasteiger partial charge >= 0.3 is 0 Å². The molecule has 3 aromatic carbocycles. The van der Waals surface area contributed by atoms with Crippen LogP contribution in [0.25, 0.3) is 0 Å². The molecule has 2 atom stereocenters. The second kappa shape index (κ2) is 13.8. The Bertz CT molecular complexity index is 803. The minimum absolute atomic E-state index is 0.191. The normalized spacial score (nSPS) is 20.2. The van der Waals surface area contributed by atoms with Crippen molar-refractivity contribution in [3.05, 3.63) is 108 Å². The molecular weight excluding hydrogens is 400 g/mol. The van der Waals surface area contributed by atoms with Crippen LogP contribution >= 0.6 is 0 Å². The summed E-state index contributed by atoms with van der Waals surface area (Å²) in [6.45, 7) is 6.55. The van der Waals surface area contributed by atoms with Crippen LogP contribution in [0.3, 0.4) is 0 Å². The molecule has 0 saturated carbocycles. The summed E-state index contributed by atoms with van der Waals surface area (Å²) in [6, 6.07) is 30.5. The monoisotopic (exact) mass is 434 g/mol. The van der Waals surface area contributed by atoms with Crippen LogP contribution in [0, 0.1) is 0 Å². The number of ether oxygens (including phenoxy) is 4. The first kappa shape index (κ1) is 24.1. The van der Waals surface area contributed by atoms with Gasteiger partial charge in [0.2, 0.25) is 0 Å². The molecule has 1 aliphatic rings. The zero-order valence-corrected chi connectivity index (χ0v) is 19.1. The van der Waals surface area contributed by atoms with Crippen LogP contribution in [0.1, 0.15) is 30.5 Å². The number of hydrogen-bond acceptors (Lipinski definition) is 4. The molecule has 0 aliphatic carbocycles. The lowest BCUT2D eigenvalue weighted by molar-refractivity contribution is -0.211. The quantitative estimate of drug-likeness (QED) is 0.427. The van der Waals surface area contributed by atoms with Crippen molar-refractivity contribution < 1.29 is 18.9 Å². The fourth-order valence-electron chi connectivity index (χ4n) is 3.55. The van der Waals surface area contributed by atoms with Crippen LogP contribution in [-0.4, -0.2) is 31.5 Å². The van der Waals surface area contributed by atoms with E-state index in [0.717, 1.165) is 16.7 Å². The molecule has 0 N–H and O–H groups in total. The molecule has 1 saturated heterocycles. The standard InChI is InChI=1S/C26H28O4.C2H6/c1-4-10-21(11-5-1)16-28-24-19-27-20-25(29-17-22-12-6-2-7-13-22)26(24)30-18-23-14-8-3-9-15-23;1-2/h1-15,24-26H,16-20H2;1-2H3. The van der Waals surface area contributed by atoms with Crippen molar-refractivity contribution in [1.82, 2.24) is 0 Å². The van der Waals surface area contributed by atoms with Gasteiger partial charge in [-0.1, -0.05) is 105 Å². The van der Waals surface area contributed by atoms with Gasteiger partial charge in [-0.05, 0) is 16.7 Å². The van der Waals surface area contributed by atoms with Crippen LogP contribution in [-0.2, 0) is 38.8 Å². The molecule has 1 fully saturated rings. The van der Waals surface area contributed by atoms with Gasteiger partial charge in [-0.25, -0.2) is 0 Å². The fourth-order valence-corrected chi connectivity index (χ4v) is 3.55. The Morgan fingerprint density at radius 2 is 0.906 bits per heavy atom. The smallest absolute Gasteiger partial charge is 0.115 e. The van der Waals surface area contributed by atoms with Crippen molar-refractivity contribution in [3.63, 3.8) is 0 Å². The predicted molar refractivity (Wildman–Crippen MR) is 127 cm³/mol. The molecule has 2 unspecified atom stereocenters. The van der Waals surface area contributed by atoms with Gasteiger partial charge in [0.25, 0.3) is 0 Å². The summed E-state index contributed by atoms with van der Waals surface area (Å²) in [6.07, 6.45) is -0.585. The van der Waals surface area contributed by atoms with Gasteiger partial charge in [0.05, 0.1) is 33.0 Å². The Morgan fingerprint density at radius 3 is 1.28 bits per heavy atom. The van der Waals surface area contributed by atoms with Crippen molar-refractivity contribution in [2.24, 2.45) is 0 Å². The summed E-state index contributed by atoms with van der Waals surface area (Å²) in [5.41, 5.74) is 3.39. The third kappa shape index (κ3) is 7.57. The minimum atomic E-state index is -0.202. The Kier molecular flexibility index (Phi) is 10.4. The molecule has 3 aromatic rings. The van der Waals surface area contributed by atoms with Crippen LogP contribution in [0.4, 0.5) is 0 Å². The first-order valence-corrected chi connectivity index (χ1v) is 11.4. The highest BCUT2D eigenvalue weighted by atomic mass is 16.6. The van der Waals surface area contributed by atoms with Gasteiger partial charge in [-0.3, -0.25) is 0 Å². The third-order valence-electron chi connectivity index (χ3n) is 5.20. The van der Waals surface area contributed by atoms with Gasteiger partial charge in [-0.15, -0.1) is 0 Å². The Balaban J connectivity index is 0.00000141. The molecule has 0 amide bonds. The van der Waals surface area contributed by atoms with E-state index in [9.17, 15) is 0 Å². The van der Waals surface area contributed by atoms with Crippen molar-refractivity contribution in [1.29, 1.82) is 0 Å². The summed E-state index contributed by atoms with van der Waals surface area (Å²) in [4.78, 5) is 0. The third-order valence-corrected chi connectivity index (χ3v) is 5.20. The summed E-state index contributed by atoms with van der Waals surface area (Å²) in [5.74, 6) is 0. The van der Waals surface area contributed by atoms with E-state index in [-0.39, 0.29) is 18.3 Å². The van der Waals surface area contributed by atoms with Gasteiger partial charge in [0.15, 0.2) is 0 Å². The lowest BCUT2D eigenvalue weighted by Crippen LogP contribution is -2.51. The van der Waals surface area contributed by atoms with E-state index in [1.54, 1.807) is 0 Å². The van der Waals surface area contributed by atoms with Crippen molar-refractivity contribution in [2.45, 2.75) is 52.0 Å². The molecule has 4 rings (SSSR count). The van der Waals surface area contributed by atoms with E-state index in [1.165, 1.54) is 0 Å². The van der Waals surface area contributed by atoms with E-state index >= 15 is 0 Å². The fraction of sp³-hybridized carbons (Fsp3) is 0.357. The second-order valence-electron chi connectivity index (χ2n) is 7.47. The lowest BCUT2D eigenvalue weighted by atomic mass is 10.1. The zero-order valence-electron chi connectivity index (χ0n) is 19.1. The van der Waals surface area contributed by atoms with E-state index in [4.69, 9.17) is 18.9 Å². The van der Waals surface area contributed by atoms with Crippen LogP contribution in [0.15, 0.2) is 91.0 Å². The van der Waals surface area contributed by atoms with Gasteiger partial charge in [0, 0.05) is 0 Å². The highest BCUT2D eigenvalue weighted by Gasteiger charge is 2.36. The molecule has 170 valence electrons. The largest absolute Gasteiger partial charge is 0.376 e. The number of hydrogen-bond donors (Lipinski definition) is 0. The van der Waals surface area contributed by atoms with Crippen molar-refractivity contribution in [2.75, 3.05) is 13.2 Å². The van der Waals surface area contributed by atoms with Crippen molar-refractivity contribution in [3.8, 4) is 0 Å². The maximum absolute atomic E-state index is 6.34. The van der Waals surface area contributed by atoms with E-state index in [1.807, 2.05) is 68.4 Å². The highest BCUT2D eigenvalue weighted by molar-refractivity contribution is 5.15.